The van der Waals surface area contributed by atoms with Gasteiger partial charge in [0.2, 0.25) is 5.89 Å². The first-order valence-electron chi connectivity index (χ1n) is 8.49. The Labute approximate surface area is 148 Å². The van der Waals surface area contributed by atoms with Gasteiger partial charge in [-0.05, 0) is 43.2 Å². The number of oxazole rings is 1. The van der Waals surface area contributed by atoms with Gasteiger partial charge in [-0.1, -0.05) is 23.4 Å². The second kappa shape index (κ2) is 5.84. The Morgan fingerprint density at radius 2 is 1.96 bits per heavy atom. The minimum absolute atomic E-state index is 0.0772. The van der Waals surface area contributed by atoms with Gasteiger partial charge in [0.05, 0.1) is 5.39 Å². The number of hydrogen-bond acceptors (Lipinski definition) is 5. The van der Waals surface area contributed by atoms with Gasteiger partial charge in [-0.3, -0.25) is 4.79 Å². The van der Waals surface area contributed by atoms with Crippen molar-refractivity contribution in [3.63, 3.8) is 0 Å². The maximum absolute atomic E-state index is 12.3. The molecule has 1 amide bonds. The molecule has 0 spiro atoms. The number of amides is 1. The van der Waals surface area contributed by atoms with Crippen molar-refractivity contribution in [1.29, 1.82) is 0 Å². The molecule has 6 heteroatoms. The van der Waals surface area contributed by atoms with E-state index in [0.717, 1.165) is 23.8 Å². The summed E-state index contributed by atoms with van der Waals surface area (Å²) >= 11 is 0. The van der Waals surface area contributed by atoms with Crippen LogP contribution in [-0.2, 0) is 0 Å². The lowest BCUT2D eigenvalue weighted by atomic mass is 10.1. The van der Waals surface area contributed by atoms with E-state index >= 15 is 0 Å². The molecule has 2 aromatic carbocycles. The third-order valence-electron chi connectivity index (χ3n) is 4.41. The first-order chi connectivity index (χ1) is 12.8. The second-order valence-electron chi connectivity index (χ2n) is 6.39. The molecular formula is C20H15N3O3. The van der Waals surface area contributed by atoms with Crippen molar-refractivity contribution in [2.75, 3.05) is 0 Å². The minimum Gasteiger partial charge on any atom is -0.444 e. The zero-order chi connectivity index (χ0) is 17.5. The molecule has 1 aliphatic carbocycles. The Morgan fingerprint density at radius 1 is 1.12 bits per heavy atom. The Kier molecular flexibility index (Phi) is 3.35. The maximum Gasteiger partial charge on any atom is 0.251 e. The first-order valence-corrected chi connectivity index (χ1v) is 8.49. The number of fused-ring (bicyclic) bond motifs is 1. The standard InChI is InChI=1S/C20H15N3O3/c24-19(21-14-7-8-14)13-6-9-17-15(10-13)18(23-26-17)16-11-25-20(22-16)12-4-2-1-3-5-12/h1-6,9-11,14H,7-8H2,(H,21,24). The highest BCUT2D eigenvalue weighted by molar-refractivity contribution is 6.00. The molecule has 2 heterocycles. The van der Waals surface area contributed by atoms with Crippen molar-refractivity contribution < 1.29 is 13.7 Å². The third-order valence-corrected chi connectivity index (χ3v) is 4.41. The van der Waals surface area contributed by atoms with Gasteiger partial charge in [0.1, 0.15) is 17.7 Å². The van der Waals surface area contributed by atoms with Crippen LogP contribution in [0, 0.1) is 0 Å². The summed E-state index contributed by atoms with van der Waals surface area (Å²) in [6.45, 7) is 0. The van der Waals surface area contributed by atoms with Crippen LogP contribution >= 0.6 is 0 Å². The van der Waals surface area contributed by atoms with Crippen LogP contribution in [0.3, 0.4) is 0 Å². The van der Waals surface area contributed by atoms with Gasteiger partial charge in [0.25, 0.3) is 5.91 Å². The Bertz CT molecular complexity index is 1090. The highest BCUT2D eigenvalue weighted by Crippen LogP contribution is 2.30. The van der Waals surface area contributed by atoms with E-state index in [-0.39, 0.29) is 5.91 Å². The molecular weight excluding hydrogens is 330 g/mol. The number of carbonyl (C=O) groups is 1. The fourth-order valence-electron chi connectivity index (χ4n) is 2.86. The van der Waals surface area contributed by atoms with Crippen molar-refractivity contribution >= 4 is 16.9 Å². The van der Waals surface area contributed by atoms with E-state index < -0.39 is 0 Å². The monoisotopic (exact) mass is 345 g/mol. The number of carbonyl (C=O) groups excluding carboxylic acids is 1. The van der Waals surface area contributed by atoms with Gasteiger partial charge < -0.3 is 14.3 Å². The van der Waals surface area contributed by atoms with E-state index in [4.69, 9.17) is 8.94 Å². The van der Waals surface area contributed by atoms with Crippen molar-refractivity contribution in [3.8, 4) is 22.8 Å². The Hall–Kier alpha value is -3.41. The summed E-state index contributed by atoms with van der Waals surface area (Å²) in [5.74, 6) is 0.436. The molecule has 2 aromatic heterocycles. The van der Waals surface area contributed by atoms with Gasteiger partial charge in [0, 0.05) is 17.2 Å². The molecule has 0 aliphatic heterocycles. The predicted octanol–water partition coefficient (Wildman–Crippen LogP) is 4.04. The van der Waals surface area contributed by atoms with Gasteiger partial charge in [-0.25, -0.2) is 4.98 Å². The number of benzene rings is 2. The van der Waals surface area contributed by atoms with Gasteiger partial charge in [0.15, 0.2) is 5.58 Å². The molecule has 1 saturated carbocycles. The molecule has 0 radical (unpaired) electrons. The van der Waals surface area contributed by atoms with Gasteiger partial charge in [-0.2, -0.15) is 0 Å². The van der Waals surface area contributed by atoms with Crippen LogP contribution in [0.15, 0.2) is 63.7 Å². The van der Waals surface area contributed by atoms with Crippen LogP contribution in [0.1, 0.15) is 23.2 Å². The van der Waals surface area contributed by atoms with Crippen molar-refractivity contribution in [2.24, 2.45) is 0 Å². The number of hydrogen-bond donors (Lipinski definition) is 1. The second-order valence-corrected chi connectivity index (χ2v) is 6.39. The summed E-state index contributed by atoms with van der Waals surface area (Å²) in [5.41, 5.74) is 3.21. The van der Waals surface area contributed by atoms with E-state index in [1.165, 1.54) is 0 Å². The highest BCUT2D eigenvalue weighted by atomic mass is 16.5. The number of nitrogens with one attached hydrogen (secondary N) is 1. The zero-order valence-electron chi connectivity index (χ0n) is 13.8. The molecule has 0 atom stereocenters. The summed E-state index contributed by atoms with van der Waals surface area (Å²) in [4.78, 5) is 16.8. The van der Waals surface area contributed by atoms with Crippen LogP contribution in [0.4, 0.5) is 0 Å². The predicted molar refractivity (Wildman–Crippen MR) is 95.4 cm³/mol. The maximum atomic E-state index is 12.3. The summed E-state index contributed by atoms with van der Waals surface area (Å²) in [5, 5.41) is 7.84. The van der Waals surface area contributed by atoms with E-state index in [0.29, 0.717) is 34.5 Å². The molecule has 4 aromatic rings. The molecule has 0 bridgehead atoms. The topological polar surface area (TPSA) is 81.2 Å². The Balaban J connectivity index is 1.52. The molecule has 26 heavy (non-hydrogen) atoms. The first kappa shape index (κ1) is 14.9. The summed E-state index contributed by atoms with van der Waals surface area (Å²) < 4.78 is 11.0. The average Bonchev–Trinajstić information content (AvgIpc) is 3.20. The van der Waals surface area contributed by atoms with Crippen molar-refractivity contribution in [2.45, 2.75) is 18.9 Å². The van der Waals surface area contributed by atoms with Crippen LogP contribution in [0.5, 0.6) is 0 Å². The quantitative estimate of drug-likeness (QED) is 0.604. The fraction of sp³-hybridized carbons (Fsp3) is 0.150. The molecule has 128 valence electrons. The average molecular weight is 345 g/mol. The molecule has 0 unspecified atom stereocenters. The summed E-state index contributed by atoms with van der Waals surface area (Å²) in [6.07, 6.45) is 3.65. The highest BCUT2D eigenvalue weighted by Gasteiger charge is 2.24. The molecule has 5 rings (SSSR count). The SMILES string of the molecule is O=C(NC1CC1)c1ccc2onc(-c3coc(-c4ccccc4)n3)c2c1. The van der Waals surface area contributed by atoms with Crippen LogP contribution in [0.25, 0.3) is 33.8 Å². The van der Waals surface area contributed by atoms with E-state index in [1.807, 2.05) is 30.3 Å². The summed E-state index contributed by atoms with van der Waals surface area (Å²) in [6, 6.07) is 15.2. The van der Waals surface area contributed by atoms with Gasteiger partial charge in [-0.15, -0.1) is 0 Å². The van der Waals surface area contributed by atoms with E-state index in [1.54, 1.807) is 24.5 Å². The smallest absolute Gasteiger partial charge is 0.251 e. The van der Waals surface area contributed by atoms with E-state index in [2.05, 4.69) is 15.5 Å². The van der Waals surface area contributed by atoms with Gasteiger partial charge >= 0.3 is 0 Å². The lowest BCUT2D eigenvalue weighted by Gasteiger charge is -2.02. The number of aromatic nitrogens is 2. The normalized spacial score (nSPS) is 13.8. The number of rotatable bonds is 4. The molecule has 0 saturated heterocycles. The van der Waals surface area contributed by atoms with Crippen LogP contribution < -0.4 is 5.32 Å². The van der Waals surface area contributed by atoms with Crippen LogP contribution in [0.2, 0.25) is 0 Å². The minimum atomic E-state index is -0.0772. The molecule has 6 nitrogen and oxygen atoms in total. The van der Waals surface area contributed by atoms with Crippen molar-refractivity contribution in [1.82, 2.24) is 15.5 Å². The largest absolute Gasteiger partial charge is 0.444 e. The number of nitrogens with zero attached hydrogens (tertiary/aromatic N) is 2. The van der Waals surface area contributed by atoms with Crippen molar-refractivity contribution in [3.05, 3.63) is 60.4 Å². The lowest BCUT2D eigenvalue weighted by Crippen LogP contribution is -2.25. The molecule has 1 fully saturated rings. The van der Waals surface area contributed by atoms with Crippen LogP contribution in [-0.4, -0.2) is 22.1 Å². The summed E-state index contributed by atoms with van der Waals surface area (Å²) in [7, 11) is 0. The van der Waals surface area contributed by atoms with E-state index in [9.17, 15) is 4.79 Å². The Morgan fingerprint density at radius 3 is 2.77 bits per heavy atom. The molecule has 1 N–H and O–H groups in total. The third kappa shape index (κ3) is 2.65. The lowest BCUT2D eigenvalue weighted by molar-refractivity contribution is 0.0951. The fourth-order valence-corrected chi connectivity index (χ4v) is 2.86. The zero-order valence-corrected chi connectivity index (χ0v) is 13.8. The molecule has 1 aliphatic rings.